The maximum Gasteiger partial charge on any atom is 0.123 e. The lowest BCUT2D eigenvalue weighted by molar-refractivity contribution is 0.155. The highest BCUT2D eigenvalue weighted by atomic mass is 35.5. The van der Waals surface area contributed by atoms with Crippen molar-refractivity contribution in [1.82, 2.24) is 10.2 Å². The van der Waals surface area contributed by atoms with Crippen LogP contribution in [0.1, 0.15) is 23.6 Å². The lowest BCUT2D eigenvalue weighted by Gasteiger charge is -2.35. The van der Waals surface area contributed by atoms with Crippen molar-refractivity contribution >= 4 is 11.6 Å². The molecule has 1 aliphatic rings. The van der Waals surface area contributed by atoms with Crippen LogP contribution in [0.3, 0.4) is 0 Å². The Morgan fingerprint density at radius 2 is 2.11 bits per heavy atom. The number of phenolic OH excluding ortho intramolecular Hbond substituents is 1. The number of hydrogen-bond acceptors (Lipinski definition) is 3. The van der Waals surface area contributed by atoms with E-state index in [9.17, 15) is 9.50 Å². The lowest BCUT2D eigenvalue weighted by Crippen LogP contribution is -2.45. The van der Waals surface area contributed by atoms with Crippen LogP contribution in [0.15, 0.2) is 12.1 Å². The molecule has 0 amide bonds. The fourth-order valence-electron chi connectivity index (χ4n) is 2.65. The van der Waals surface area contributed by atoms with Crippen molar-refractivity contribution in [3.63, 3.8) is 0 Å². The predicted molar refractivity (Wildman–Crippen MR) is 75.6 cm³/mol. The van der Waals surface area contributed by atoms with Crippen molar-refractivity contribution in [2.45, 2.75) is 19.4 Å². The molecular formula is C14H20ClFN2O. The average molecular weight is 287 g/mol. The van der Waals surface area contributed by atoms with E-state index in [0.717, 1.165) is 37.3 Å². The number of halogens is 2. The summed E-state index contributed by atoms with van der Waals surface area (Å²) in [6, 6.07) is 3.38. The first kappa shape index (κ1) is 14.6. The van der Waals surface area contributed by atoms with Crippen molar-refractivity contribution < 1.29 is 9.50 Å². The number of aryl methyl sites for hydroxylation is 1. The van der Waals surface area contributed by atoms with Crippen LogP contribution in [0.25, 0.3) is 0 Å². The van der Waals surface area contributed by atoms with E-state index < -0.39 is 6.67 Å². The molecule has 1 aliphatic heterocycles. The third kappa shape index (κ3) is 3.38. The summed E-state index contributed by atoms with van der Waals surface area (Å²) in [5, 5.41) is 14.1. The summed E-state index contributed by atoms with van der Waals surface area (Å²) in [5.41, 5.74) is 1.48. The summed E-state index contributed by atoms with van der Waals surface area (Å²) < 4.78 is 12.9. The fraction of sp³-hybridized carbons (Fsp3) is 0.571. The van der Waals surface area contributed by atoms with Gasteiger partial charge in [-0.05, 0) is 31.0 Å². The van der Waals surface area contributed by atoms with E-state index in [1.165, 1.54) is 0 Å². The summed E-state index contributed by atoms with van der Waals surface area (Å²) in [4.78, 5) is 2.21. The van der Waals surface area contributed by atoms with Gasteiger partial charge in [0.1, 0.15) is 5.75 Å². The second-order valence-corrected chi connectivity index (χ2v) is 5.38. The molecule has 0 spiro atoms. The largest absolute Gasteiger partial charge is 0.507 e. The molecule has 1 saturated heterocycles. The third-order valence-electron chi connectivity index (χ3n) is 3.63. The van der Waals surface area contributed by atoms with Gasteiger partial charge in [-0.25, -0.2) is 0 Å². The van der Waals surface area contributed by atoms with Crippen LogP contribution in [0.4, 0.5) is 4.39 Å². The van der Waals surface area contributed by atoms with Gasteiger partial charge in [0, 0.05) is 42.8 Å². The van der Waals surface area contributed by atoms with Crippen molar-refractivity contribution in [3.8, 4) is 5.75 Å². The van der Waals surface area contributed by atoms with Crippen molar-refractivity contribution in [3.05, 3.63) is 28.3 Å². The Bertz CT molecular complexity index is 436. The summed E-state index contributed by atoms with van der Waals surface area (Å²) in [6.45, 7) is 4.91. The standard InChI is InChI=1S/C14H20ClFN2O/c1-10-8-11(15)9-12(14(10)19)13(2-3-16)18-6-4-17-5-7-18/h8-9,13,17,19H,2-7H2,1H3/t13-/m1/s1. The number of piperazine rings is 1. The zero-order chi connectivity index (χ0) is 13.8. The normalized spacial score (nSPS) is 18.5. The first-order valence-electron chi connectivity index (χ1n) is 6.63. The minimum atomic E-state index is -0.403. The Labute approximate surface area is 118 Å². The third-order valence-corrected chi connectivity index (χ3v) is 3.85. The van der Waals surface area contributed by atoms with E-state index in [4.69, 9.17) is 11.6 Å². The minimum Gasteiger partial charge on any atom is -0.507 e. The Morgan fingerprint density at radius 3 is 2.74 bits per heavy atom. The maximum absolute atomic E-state index is 12.9. The second-order valence-electron chi connectivity index (χ2n) is 4.94. The first-order chi connectivity index (χ1) is 9.13. The molecule has 0 aromatic heterocycles. The van der Waals surface area contributed by atoms with Crippen molar-refractivity contribution in [2.75, 3.05) is 32.9 Å². The molecule has 1 aromatic rings. The summed E-state index contributed by atoms with van der Waals surface area (Å²) >= 11 is 6.07. The number of benzene rings is 1. The lowest BCUT2D eigenvalue weighted by atomic mass is 9.98. The Morgan fingerprint density at radius 1 is 1.42 bits per heavy atom. The quantitative estimate of drug-likeness (QED) is 0.893. The van der Waals surface area contributed by atoms with Gasteiger partial charge < -0.3 is 10.4 Å². The van der Waals surface area contributed by atoms with Crippen LogP contribution in [0.2, 0.25) is 5.02 Å². The van der Waals surface area contributed by atoms with Gasteiger partial charge in [0.15, 0.2) is 0 Å². The molecule has 1 atom stereocenters. The molecule has 1 fully saturated rings. The summed E-state index contributed by atoms with van der Waals surface area (Å²) in [6.07, 6.45) is 0.382. The monoisotopic (exact) mass is 286 g/mol. The molecule has 106 valence electrons. The molecule has 1 aromatic carbocycles. The van der Waals surface area contributed by atoms with E-state index in [1.54, 1.807) is 12.1 Å². The maximum atomic E-state index is 12.9. The molecule has 0 radical (unpaired) electrons. The molecule has 0 saturated carbocycles. The van der Waals surface area contributed by atoms with Gasteiger partial charge >= 0.3 is 0 Å². The predicted octanol–water partition coefficient (Wildman–Crippen LogP) is 2.66. The molecule has 2 N–H and O–H groups in total. The van der Waals surface area contributed by atoms with Crippen LogP contribution in [-0.4, -0.2) is 42.9 Å². The van der Waals surface area contributed by atoms with Crippen LogP contribution in [0, 0.1) is 6.92 Å². The van der Waals surface area contributed by atoms with Gasteiger partial charge in [0.25, 0.3) is 0 Å². The van der Waals surface area contributed by atoms with Gasteiger partial charge in [-0.2, -0.15) is 0 Å². The summed E-state index contributed by atoms with van der Waals surface area (Å²) in [7, 11) is 0. The number of alkyl halides is 1. The molecule has 5 heteroatoms. The van der Waals surface area contributed by atoms with Gasteiger partial charge in [-0.15, -0.1) is 0 Å². The number of aromatic hydroxyl groups is 1. The fourth-order valence-corrected chi connectivity index (χ4v) is 2.93. The van der Waals surface area contributed by atoms with Gasteiger partial charge in [-0.3, -0.25) is 9.29 Å². The van der Waals surface area contributed by atoms with Gasteiger partial charge in [0.2, 0.25) is 0 Å². The molecule has 0 aliphatic carbocycles. The van der Waals surface area contributed by atoms with Crippen LogP contribution < -0.4 is 5.32 Å². The highest BCUT2D eigenvalue weighted by Crippen LogP contribution is 2.36. The molecule has 0 bridgehead atoms. The zero-order valence-corrected chi connectivity index (χ0v) is 11.9. The average Bonchev–Trinajstić information content (AvgIpc) is 2.41. The van der Waals surface area contributed by atoms with E-state index >= 15 is 0 Å². The first-order valence-corrected chi connectivity index (χ1v) is 7.01. The van der Waals surface area contributed by atoms with E-state index in [-0.39, 0.29) is 11.8 Å². The SMILES string of the molecule is Cc1cc(Cl)cc([C@@H](CCF)N2CCNCC2)c1O. The van der Waals surface area contributed by atoms with E-state index in [0.29, 0.717) is 11.4 Å². The molecule has 0 unspecified atom stereocenters. The van der Waals surface area contributed by atoms with Gasteiger partial charge in [0.05, 0.1) is 6.67 Å². The molecule has 3 nitrogen and oxygen atoms in total. The Balaban J connectivity index is 2.32. The van der Waals surface area contributed by atoms with E-state index in [1.807, 2.05) is 6.92 Å². The molecule has 1 heterocycles. The van der Waals surface area contributed by atoms with Crippen molar-refractivity contribution in [2.24, 2.45) is 0 Å². The number of nitrogens with zero attached hydrogens (tertiary/aromatic N) is 1. The number of hydrogen-bond donors (Lipinski definition) is 2. The number of nitrogens with one attached hydrogen (secondary N) is 1. The zero-order valence-electron chi connectivity index (χ0n) is 11.1. The molecule has 19 heavy (non-hydrogen) atoms. The number of phenols is 1. The second kappa shape index (κ2) is 6.55. The molecular weight excluding hydrogens is 267 g/mol. The van der Waals surface area contributed by atoms with Crippen LogP contribution in [-0.2, 0) is 0 Å². The highest BCUT2D eigenvalue weighted by Gasteiger charge is 2.25. The van der Waals surface area contributed by atoms with Crippen LogP contribution in [0.5, 0.6) is 5.75 Å². The smallest absolute Gasteiger partial charge is 0.123 e. The van der Waals surface area contributed by atoms with E-state index in [2.05, 4.69) is 10.2 Å². The van der Waals surface area contributed by atoms with Gasteiger partial charge in [-0.1, -0.05) is 11.6 Å². The minimum absolute atomic E-state index is 0.107. The highest BCUT2D eigenvalue weighted by molar-refractivity contribution is 6.30. The Hall–Kier alpha value is -0.840. The van der Waals surface area contributed by atoms with Crippen molar-refractivity contribution in [1.29, 1.82) is 0 Å². The topological polar surface area (TPSA) is 35.5 Å². The summed E-state index contributed by atoms with van der Waals surface area (Å²) in [5.74, 6) is 0.237. The molecule has 2 rings (SSSR count). The van der Waals surface area contributed by atoms with Crippen LogP contribution >= 0.6 is 11.6 Å². The Kier molecular flexibility index (Phi) is 5.02. The number of rotatable bonds is 4.